The highest BCUT2D eigenvalue weighted by atomic mass is 16.2. The molecule has 3 N–H and O–H groups in total. The van der Waals surface area contributed by atoms with Gasteiger partial charge in [0.05, 0.1) is 0 Å². The molecule has 5 heteroatoms. The van der Waals surface area contributed by atoms with Crippen LogP contribution in [0.5, 0.6) is 0 Å². The van der Waals surface area contributed by atoms with Crippen LogP contribution in [-0.4, -0.2) is 15.6 Å². The smallest absolute Gasteiger partial charge is 0.325 e. The first-order chi connectivity index (χ1) is 4.72. The van der Waals surface area contributed by atoms with E-state index in [-0.39, 0.29) is 5.62 Å². The summed E-state index contributed by atoms with van der Waals surface area (Å²) in [6, 6.07) is 0.834. The molecule has 0 aromatic carbocycles. The molecule has 1 aromatic rings. The lowest BCUT2D eigenvalue weighted by atomic mass is 10.6. The maximum Gasteiger partial charge on any atom is 0.325 e. The molecule has 0 unspecified atom stereocenters. The molecule has 1 heterocycles. The van der Waals surface area contributed by atoms with Crippen LogP contribution < -0.4 is 11.4 Å². The van der Waals surface area contributed by atoms with Gasteiger partial charge in [-0.05, 0) is 6.07 Å². The van der Waals surface area contributed by atoms with Crippen molar-refractivity contribution in [2.45, 2.75) is 0 Å². The third-order valence-electron chi connectivity index (χ3n) is 0.984. The maximum atomic E-state index is 10.4. The number of hydrogen-bond donors (Lipinski definition) is 2. The Labute approximate surface area is 56.6 Å². The Morgan fingerprint density at radius 3 is 2.90 bits per heavy atom. The molecule has 52 valence electrons. The lowest BCUT2D eigenvalue weighted by Crippen LogP contribution is -2.32. The first-order valence-corrected chi connectivity index (χ1v) is 2.60. The van der Waals surface area contributed by atoms with Crippen molar-refractivity contribution < 1.29 is 4.79 Å². The van der Waals surface area contributed by atoms with Gasteiger partial charge in [0.25, 0.3) is 0 Å². The Hall–Kier alpha value is -1.65. The van der Waals surface area contributed by atoms with Crippen LogP contribution in [0.2, 0.25) is 0 Å². The number of rotatable bonds is 0. The average molecular weight is 138 g/mol. The zero-order valence-electron chi connectivity index (χ0n) is 5.11. The van der Waals surface area contributed by atoms with Crippen LogP contribution >= 0.6 is 0 Å². The molecule has 10 heavy (non-hydrogen) atoms. The van der Waals surface area contributed by atoms with E-state index in [1.807, 2.05) is 0 Å². The standard InChI is InChI=1S/C5H6N4O/c6-4-8-2-1-3-9(4)5(7)10/h1-3,6H,(H2,7,10). The summed E-state index contributed by atoms with van der Waals surface area (Å²) in [4.78, 5) is 14.0. The van der Waals surface area contributed by atoms with Gasteiger partial charge in [0.1, 0.15) is 0 Å². The molecular formula is C5H6N4O. The van der Waals surface area contributed by atoms with Gasteiger partial charge in [-0.15, -0.1) is 0 Å². The molecule has 0 atom stereocenters. The van der Waals surface area contributed by atoms with Crippen molar-refractivity contribution in [3.8, 4) is 0 Å². The third-order valence-corrected chi connectivity index (χ3v) is 0.984. The molecule has 0 fully saturated rings. The molecule has 0 aliphatic heterocycles. The summed E-state index contributed by atoms with van der Waals surface area (Å²) >= 11 is 0. The van der Waals surface area contributed by atoms with Gasteiger partial charge < -0.3 is 5.73 Å². The Bertz CT molecular complexity index is 303. The van der Waals surface area contributed by atoms with E-state index in [1.165, 1.54) is 18.5 Å². The first kappa shape index (κ1) is 6.47. The maximum absolute atomic E-state index is 10.4. The highest BCUT2D eigenvalue weighted by Gasteiger charge is 1.95. The molecular weight excluding hydrogens is 132 g/mol. The summed E-state index contributed by atoms with van der Waals surface area (Å²) in [5.41, 5.74) is 4.72. The number of hydrogen-bond acceptors (Lipinski definition) is 3. The SMILES string of the molecule is N=c1ncccn1C(N)=O. The zero-order valence-corrected chi connectivity index (χ0v) is 5.11. The topological polar surface area (TPSA) is 84.8 Å². The second-order valence-corrected chi connectivity index (χ2v) is 1.65. The lowest BCUT2D eigenvalue weighted by Gasteiger charge is -1.95. The summed E-state index contributed by atoms with van der Waals surface area (Å²) in [6.07, 6.45) is 2.80. The van der Waals surface area contributed by atoms with Gasteiger partial charge in [0.15, 0.2) is 0 Å². The number of nitrogens with zero attached hydrogens (tertiary/aromatic N) is 2. The minimum atomic E-state index is -0.696. The van der Waals surface area contributed by atoms with Gasteiger partial charge in [-0.3, -0.25) is 5.41 Å². The lowest BCUT2D eigenvalue weighted by molar-refractivity contribution is 0.249. The van der Waals surface area contributed by atoms with Crippen molar-refractivity contribution in [2.24, 2.45) is 5.73 Å². The second kappa shape index (κ2) is 2.30. The largest absolute Gasteiger partial charge is 0.351 e. The van der Waals surface area contributed by atoms with E-state index >= 15 is 0 Å². The summed E-state index contributed by atoms with van der Waals surface area (Å²) in [6.45, 7) is 0. The molecule has 1 rings (SSSR count). The van der Waals surface area contributed by atoms with E-state index in [0.29, 0.717) is 0 Å². The zero-order chi connectivity index (χ0) is 7.56. The number of nitrogens with two attached hydrogens (primary N) is 1. The van der Waals surface area contributed by atoms with Gasteiger partial charge in [-0.2, -0.15) is 0 Å². The highest BCUT2D eigenvalue weighted by Crippen LogP contribution is 1.73. The Kier molecular flexibility index (Phi) is 1.49. The fourth-order valence-corrected chi connectivity index (χ4v) is 0.549. The summed E-state index contributed by atoms with van der Waals surface area (Å²) in [5, 5.41) is 7.05. The number of primary amides is 1. The van der Waals surface area contributed by atoms with E-state index in [2.05, 4.69) is 4.98 Å². The van der Waals surface area contributed by atoms with Crippen LogP contribution in [0.15, 0.2) is 18.5 Å². The second-order valence-electron chi connectivity index (χ2n) is 1.65. The molecule has 0 spiro atoms. The van der Waals surface area contributed by atoms with Crippen molar-refractivity contribution in [2.75, 3.05) is 0 Å². The molecule has 0 saturated carbocycles. The van der Waals surface area contributed by atoms with Crippen LogP contribution in [0.1, 0.15) is 0 Å². The van der Waals surface area contributed by atoms with E-state index in [1.54, 1.807) is 0 Å². The van der Waals surface area contributed by atoms with Crippen molar-refractivity contribution in [3.05, 3.63) is 24.1 Å². The molecule has 5 nitrogen and oxygen atoms in total. The van der Waals surface area contributed by atoms with E-state index in [4.69, 9.17) is 11.1 Å². The minimum absolute atomic E-state index is 0.157. The van der Waals surface area contributed by atoms with E-state index in [9.17, 15) is 4.79 Å². The molecule has 1 aromatic heterocycles. The van der Waals surface area contributed by atoms with Crippen LogP contribution in [0.4, 0.5) is 4.79 Å². The van der Waals surface area contributed by atoms with Crippen LogP contribution in [0.3, 0.4) is 0 Å². The summed E-state index contributed by atoms with van der Waals surface area (Å²) in [5.74, 6) is 0. The number of nitrogens with one attached hydrogen (secondary N) is 1. The van der Waals surface area contributed by atoms with Gasteiger partial charge in [0.2, 0.25) is 5.62 Å². The quantitative estimate of drug-likeness (QED) is 0.496. The van der Waals surface area contributed by atoms with Crippen molar-refractivity contribution in [1.82, 2.24) is 9.55 Å². The normalized spacial score (nSPS) is 9.20. The Morgan fingerprint density at radius 1 is 1.80 bits per heavy atom. The monoisotopic (exact) mass is 138 g/mol. The fourth-order valence-electron chi connectivity index (χ4n) is 0.549. The van der Waals surface area contributed by atoms with Crippen molar-refractivity contribution in [1.29, 1.82) is 5.41 Å². The molecule has 0 bridgehead atoms. The van der Waals surface area contributed by atoms with Crippen LogP contribution in [-0.2, 0) is 0 Å². The predicted molar refractivity (Wildman–Crippen MR) is 33.1 cm³/mol. The highest BCUT2D eigenvalue weighted by molar-refractivity contribution is 5.73. The Morgan fingerprint density at radius 2 is 2.50 bits per heavy atom. The number of carbonyl (C=O) groups excluding carboxylic acids is 1. The van der Waals surface area contributed by atoms with Crippen LogP contribution in [0.25, 0.3) is 0 Å². The van der Waals surface area contributed by atoms with Gasteiger partial charge >= 0.3 is 6.03 Å². The number of aromatic nitrogens is 2. The molecule has 1 amide bonds. The van der Waals surface area contributed by atoms with Crippen LogP contribution in [0, 0.1) is 5.41 Å². The first-order valence-electron chi connectivity index (χ1n) is 2.60. The minimum Gasteiger partial charge on any atom is -0.351 e. The number of amides is 1. The van der Waals surface area contributed by atoms with E-state index in [0.717, 1.165) is 4.57 Å². The molecule has 0 aliphatic carbocycles. The molecule has 0 radical (unpaired) electrons. The van der Waals surface area contributed by atoms with E-state index < -0.39 is 6.03 Å². The molecule has 0 aliphatic rings. The molecule has 0 saturated heterocycles. The number of carbonyl (C=O) groups is 1. The van der Waals surface area contributed by atoms with Gasteiger partial charge in [-0.25, -0.2) is 14.3 Å². The van der Waals surface area contributed by atoms with Gasteiger partial charge in [-0.1, -0.05) is 0 Å². The van der Waals surface area contributed by atoms with Crippen molar-refractivity contribution in [3.63, 3.8) is 0 Å². The fraction of sp³-hybridized carbons (Fsp3) is 0. The van der Waals surface area contributed by atoms with Gasteiger partial charge in [0, 0.05) is 12.4 Å². The average Bonchev–Trinajstić information content (AvgIpc) is 1.88. The summed E-state index contributed by atoms with van der Waals surface area (Å²) < 4.78 is 0.944. The predicted octanol–water partition coefficient (Wildman–Crippen LogP) is -0.711. The third kappa shape index (κ3) is 1.02. The Balaban J connectivity index is 3.29. The van der Waals surface area contributed by atoms with Crippen molar-refractivity contribution >= 4 is 6.03 Å². The summed E-state index contributed by atoms with van der Waals surface area (Å²) in [7, 11) is 0.